The van der Waals surface area contributed by atoms with Crippen LogP contribution in [0.4, 0.5) is 0 Å². The van der Waals surface area contributed by atoms with Crippen LogP contribution in [0.2, 0.25) is 0 Å². The van der Waals surface area contributed by atoms with Gasteiger partial charge in [0.05, 0.1) is 10.7 Å². The minimum absolute atomic E-state index is 0.354. The molecule has 0 amide bonds. The molecule has 1 nitrogen and oxygen atoms in total. The first-order valence-corrected chi connectivity index (χ1v) is 6.68. The Bertz CT molecular complexity index is 294. The second kappa shape index (κ2) is 5.11. The molecule has 1 aromatic rings. The quantitative estimate of drug-likeness (QED) is 0.743. The number of nitrogens with zero attached hydrogens (tertiary/aromatic N) is 1. The number of aromatic nitrogens is 1. The predicted octanol–water partition coefficient (Wildman–Crippen LogP) is 4.32. The molecule has 15 heavy (non-hydrogen) atoms. The molecular weight excluding hydrogens is 202 g/mol. The van der Waals surface area contributed by atoms with Crippen molar-refractivity contribution >= 4 is 11.3 Å². The van der Waals surface area contributed by atoms with Crippen molar-refractivity contribution in [2.45, 2.75) is 53.9 Å². The topological polar surface area (TPSA) is 12.9 Å². The first-order chi connectivity index (χ1) is 6.87. The number of hydrogen-bond donors (Lipinski definition) is 0. The van der Waals surface area contributed by atoms with Crippen LogP contribution in [0.25, 0.3) is 0 Å². The Morgan fingerprint density at radius 3 is 2.53 bits per heavy atom. The molecule has 0 fully saturated rings. The molecule has 0 aromatic carbocycles. The zero-order chi connectivity index (χ0) is 11.5. The van der Waals surface area contributed by atoms with Gasteiger partial charge < -0.3 is 0 Å². The summed E-state index contributed by atoms with van der Waals surface area (Å²) in [5.41, 5.74) is 1.64. The third-order valence-corrected chi connectivity index (χ3v) is 3.16. The van der Waals surface area contributed by atoms with E-state index in [1.165, 1.54) is 17.1 Å². The van der Waals surface area contributed by atoms with E-state index in [-0.39, 0.29) is 0 Å². The van der Waals surface area contributed by atoms with E-state index in [0.717, 1.165) is 18.8 Å². The molecule has 0 saturated heterocycles. The highest BCUT2D eigenvalue weighted by atomic mass is 32.1. The van der Waals surface area contributed by atoms with Gasteiger partial charge in [-0.1, -0.05) is 34.6 Å². The molecule has 1 aromatic heterocycles. The molecule has 2 heteroatoms. The van der Waals surface area contributed by atoms with Crippen molar-refractivity contribution in [1.82, 2.24) is 4.98 Å². The van der Waals surface area contributed by atoms with E-state index in [2.05, 4.69) is 45.0 Å². The van der Waals surface area contributed by atoms with Gasteiger partial charge in [-0.05, 0) is 24.2 Å². The molecule has 86 valence electrons. The SMILES string of the molecule is CC(C)CCc1csc(CC(C)(C)C)n1. The average Bonchev–Trinajstić information content (AvgIpc) is 2.45. The summed E-state index contributed by atoms with van der Waals surface area (Å²) in [4.78, 5) is 4.69. The highest BCUT2D eigenvalue weighted by Gasteiger charge is 2.14. The standard InChI is InChI=1S/C13H23NS/c1-10(2)6-7-11-9-15-12(14-11)8-13(3,4)5/h9-10H,6-8H2,1-5H3. The maximum absolute atomic E-state index is 4.69. The fourth-order valence-electron chi connectivity index (χ4n) is 1.44. The summed E-state index contributed by atoms with van der Waals surface area (Å²) in [5.74, 6) is 0.776. The Labute approximate surface area is 97.9 Å². The Kier molecular flexibility index (Phi) is 4.32. The molecule has 0 atom stereocenters. The molecule has 0 saturated carbocycles. The second-order valence-electron chi connectivity index (χ2n) is 5.90. The third-order valence-electron chi connectivity index (χ3n) is 2.26. The van der Waals surface area contributed by atoms with Crippen molar-refractivity contribution in [1.29, 1.82) is 0 Å². The Morgan fingerprint density at radius 1 is 1.33 bits per heavy atom. The van der Waals surface area contributed by atoms with Gasteiger partial charge in [-0.3, -0.25) is 0 Å². The van der Waals surface area contributed by atoms with E-state index in [1.807, 2.05) is 11.3 Å². The highest BCUT2D eigenvalue weighted by molar-refractivity contribution is 7.09. The van der Waals surface area contributed by atoms with Gasteiger partial charge in [-0.15, -0.1) is 11.3 Å². The fraction of sp³-hybridized carbons (Fsp3) is 0.769. The molecule has 0 radical (unpaired) electrons. The summed E-state index contributed by atoms with van der Waals surface area (Å²) in [7, 11) is 0. The van der Waals surface area contributed by atoms with Crippen LogP contribution in [0.3, 0.4) is 0 Å². The van der Waals surface area contributed by atoms with E-state index in [1.54, 1.807) is 0 Å². The molecule has 0 N–H and O–H groups in total. The molecule has 0 aliphatic carbocycles. The van der Waals surface area contributed by atoms with Gasteiger partial charge >= 0.3 is 0 Å². The van der Waals surface area contributed by atoms with Crippen molar-refractivity contribution < 1.29 is 0 Å². The predicted molar refractivity (Wildman–Crippen MR) is 68.4 cm³/mol. The minimum atomic E-state index is 0.354. The number of hydrogen-bond acceptors (Lipinski definition) is 2. The lowest BCUT2D eigenvalue weighted by atomic mass is 9.93. The highest BCUT2D eigenvalue weighted by Crippen LogP contribution is 2.23. The van der Waals surface area contributed by atoms with E-state index >= 15 is 0 Å². The van der Waals surface area contributed by atoms with Gasteiger partial charge in [0.1, 0.15) is 0 Å². The van der Waals surface area contributed by atoms with Crippen LogP contribution in [-0.4, -0.2) is 4.98 Å². The lowest BCUT2D eigenvalue weighted by Gasteiger charge is -2.15. The normalized spacial score (nSPS) is 12.4. The summed E-state index contributed by atoms with van der Waals surface area (Å²) in [5, 5.41) is 3.52. The molecule has 1 rings (SSSR count). The summed E-state index contributed by atoms with van der Waals surface area (Å²) < 4.78 is 0. The van der Waals surface area contributed by atoms with Crippen LogP contribution in [0, 0.1) is 11.3 Å². The van der Waals surface area contributed by atoms with E-state index < -0.39 is 0 Å². The molecule has 1 heterocycles. The molecule has 0 aliphatic heterocycles. The smallest absolute Gasteiger partial charge is 0.0933 e. The van der Waals surface area contributed by atoms with Crippen molar-refractivity contribution in [3.8, 4) is 0 Å². The van der Waals surface area contributed by atoms with Crippen LogP contribution in [0.5, 0.6) is 0 Å². The van der Waals surface area contributed by atoms with Crippen molar-refractivity contribution in [2.24, 2.45) is 11.3 Å². The van der Waals surface area contributed by atoms with Gasteiger partial charge in [0.25, 0.3) is 0 Å². The zero-order valence-corrected chi connectivity index (χ0v) is 11.4. The number of rotatable bonds is 4. The van der Waals surface area contributed by atoms with Crippen molar-refractivity contribution in [3.05, 3.63) is 16.1 Å². The summed E-state index contributed by atoms with van der Waals surface area (Å²) >= 11 is 1.82. The van der Waals surface area contributed by atoms with E-state index in [4.69, 9.17) is 0 Å². The average molecular weight is 225 g/mol. The summed E-state index contributed by atoms with van der Waals surface area (Å²) in [6.07, 6.45) is 3.48. The van der Waals surface area contributed by atoms with E-state index in [0.29, 0.717) is 5.41 Å². The fourth-order valence-corrected chi connectivity index (χ4v) is 2.56. The van der Waals surface area contributed by atoms with E-state index in [9.17, 15) is 0 Å². The summed E-state index contributed by atoms with van der Waals surface area (Å²) in [6.45, 7) is 11.3. The van der Waals surface area contributed by atoms with Gasteiger partial charge in [0, 0.05) is 11.8 Å². The van der Waals surface area contributed by atoms with Crippen molar-refractivity contribution in [2.75, 3.05) is 0 Å². The largest absolute Gasteiger partial charge is 0.246 e. The van der Waals surface area contributed by atoms with Crippen LogP contribution in [0.1, 0.15) is 51.7 Å². The molecule has 0 spiro atoms. The van der Waals surface area contributed by atoms with Crippen molar-refractivity contribution in [3.63, 3.8) is 0 Å². The van der Waals surface area contributed by atoms with Gasteiger partial charge in [0.15, 0.2) is 0 Å². The van der Waals surface area contributed by atoms with Gasteiger partial charge in [0.2, 0.25) is 0 Å². The first-order valence-electron chi connectivity index (χ1n) is 5.80. The Balaban J connectivity index is 2.49. The number of thiazole rings is 1. The van der Waals surface area contributed by atoms with Crippen LogP contribution in [-0.2, 0) is 12.8 Å². The lowest BCUT2D eigenvalue weighted by molar-refractivity contribution is 0.410. The maximum atomic E-state index is 4.69. The van der Waals surface area contributed by atoms with Gasteiger partial charge in [-0.25, -0.2) is 4.98 Å². The molecule has 0 bridgehead atoms. The Hall–Kier alpha value is -0.370. The minimum Gasteiger partial charge on any atom is -0.246 e. The lowest BCUT2D eigenvalue weighted by Crippen LogP contribution is -2.08. The first kappa shape index (κ1) is 12.7. The monoisotopic (exact) mass is 225 g/mol. The Morgan fingerprint density at radius 2 is 2.00 bits per heavy atom. The number of aryl methyl sites for hydroxylation is 1. The van der Waals surface area contributed by atoms with Crippen LogP contribution >= 0.6 is 11.3 Å². The molecule has 0 unspecified atom stereocenters. The summed E-state index contributed by atoms with van der Waals surface area (Å²) in [6, 6.07) is 0. The second-order valence-corrected chi connectivity index (χ2v) is 6.85. The maximum Gasteiger partial charge on any atom is 0.0933 e. The third kappa shape index (κ3) is 5.31. The van der Waals surface area contributed by atoms with Crippen LogP contribution < -0.4 is 0 Å². The zero-order valence-electron chi connectivity index (χ0n) is 10.6. The van der Waals surface area contributed by atoms with Gasteiger partial charge in [-0.2, -0.15) is 0 Å². The van der Waals surface area contributed by atoms with Crippen LogP contribution in [0.15, 0.2) is 5.38 Å². The molecular formula is C13H23NS. The molecule has 0 aliphatic rings.